The molecule has 1 aliphatic carbocycles. The summed E-state index contributed by atoms with van der Waals surface area (Å²) in [4.78, 5) is 5.28. The summed E-state index contributed by atoms with van der Waals surface area (Å²) in [6, 6.07) is 16.1. The Hall–Kier alpha value is -1.80. The molecular formula is C29H44N2. The highest BCUT2D eigenvalue weighted by molar-refractivity contribution is 5.54. The zero-order valence-corrected chi connectivity index (χ0v) is 21.5. The van der Waals surface area contributed by atoms with Crippen molar-refractivity contribution in [3.05, 3.63) is 64.7 Å². The average Bonchev–Trinajstić information content (AvgIpc) is 3.09. The molecule has 0 amide bonds. The first-order valence-corrected chi connectivity index (χ1v) is 12.2. The van der Waals surface area contributed by atoms with Crippen LogP contribution in [0.1, 0.15) is 63.8 Å². The van der Waals surface area contributed by atoms with Crippen LogP contribution in [0.25, 0.3) is 0 Å². The molecule has 2 fully saturated rings. The van der Waals surface area contributed by atoms with E-state index in [0.717, 1.165) is 26.2 Å². The van der Waals surface area contributed by atoms with Crippen molar-refractivity contribution in [3.63, 3.8) is 0 Å². The van der Waals surface area contributed by atoms with E-state index in [1.165, 1.54) is 34.5 Å². The van der Waals surface area contributed by atoms with Gasteiger partial charge in [-0.2, -0.15) is 0 Å². The summed E-state index contributed by atoms with van der Waals surface area (Å²) in [6.45, 7) is 26.3. The molecule has 2 nitrogen and oxygen atoms in total. The molecule has 1 heterocycles. The first kappa shape index (κ1) is 23.9. The maximum absolute atomic E-state index is 2.71. The second-order valence-corrected chi connectivity index (χ2v) is 10.5. The number of rotatable bonds is 4. The van der Waals surface area contributed by atoms with E-state index in [1.54, 1.807) is 0 Å². The smallest absolute Gasteiger partial charge is 0.0396 e. The second kappa shape index (κ2) is 8.62. The quantitative estimate of drug-likeness (QED) is 0.539. The predicted molar refractivity (Wildman–Crippen MR) is 136 cm³/mol. The Morgan fingerprint density at radius 2 is 1.29 bits per heavy atom. The Morgan fingerprint density at radius 3 is 1.84 bits per heavy atom. The van der Waals surface area contributed by atoms with Crippen LogP contribution in [0.15, 0.2) is 42.5 Å². The molecule has 0 radical (unpaired) electrons. The molecule has 0 aromatic heterocycles. The third kappa shape index (κ3) is 3.82. The first-order valence-electron chi connectivity index (χ1n) is 12.2. The van der Waals surface area contributed by atoms with Crippen molar-refractivity contribution >= 4 is 5.69 Å². The van der Waals surface area contributed by atoms with Crippen LogP contribution in [0.3, 0.4) is 0 Å². The van der Waals surface area contributed by atoms with Crippen LogP contribution >= 0.6 is 0 Å². The second-order valence-electron chi connectivity index (χ2n) is 10.5. The fourth-order valence-electron chi connectivity index (χ4n) is 6.12. The molecule has 4 rings (SSSR count). The van der Waals surface area contributed by atoms with E-state index in [2.05, 4.69) is 101 Å². The van der Waals surface area contributed by atoms with E-state index in [9.17, 15) is 0 Å². The number of anilines is 1. The first-order chi connectivity index (χ1) is 14.6. The predicted octanol–water partition coefficient (Wildman–Crippen LogP) is 6.76. The lowest BCUT2D eigenvalue weighted by atomic mass is 9.87. The molecule has 1 saturated heterocycles. The van der Waals surface area contributed by atoms with Crippen molar-refractivity contribution in [2.45, 2.75) is 67.7 Å². The highest BCUT2D eigenvalue weighted by Gasteiger charge is 2.77. The Kier molecular flexibility index (Phi) is 6.63. The average molecular weight is 421 g/mol. The topological polar surface area (TPSA) is 6.48 Å². The monoisotopic (exact) mass is 420 g/mol. The molecule has 2 aliphatic rings. The van der Waals surface area contributed by atoms with Gasteiger partial charge in [-0.15, -0.1) is 0 Å². The van der Waals surface area contributed by atoms with E-state index >= 15 is 0 Å². The molecule has 0 spiro atoms. The normalized spacial score (nSPS) is 27.5. The number of benzene rings is 2. The number of hydrogen-bond donors (Lipinski definition) is 0. The number of hydrogen-bond acceptors (Lipinski definition) is 2. The Balaban J connectivity index is 0.00000132. The summed E-state index contributed by atoms with van der Waals surface area (Å²) >= 11 is 0. The highest BCUT2D eigenvalue weighted by Crippen LogP contribution is 2.78. The Labute approximate surface area is 191 Å². The molecule has 170 valence electrons. The molecule has 0 N–H and O–H groups in total. The van der Waals surface area contributed by atoms with Gasteiger partial charge in [0.15, 0.2) is 0 Å². The van der Waals surface area contributed by atoms with Gasteiger partial charge in [0.1, 0.15) is 0 Å². The van der Waals surface area contributed by atoms with E-state index in [1.807, 2.05) is 13.8 Å². The maximum atomic E-state index is 2.71. The minimum Gasteiger partial charge on any atom is -0.369 e. The van der Waals surface area contributed by atoms with Gasteiger partial charge in [-0.1, -0.05) is 89.1 Å². The molecule has 1 aliphatic heterocycles. The van der Waals surface area contributed by atoms with Crippen molar-refractivity contribution < 1.29 is 0 Å². The van der Waals surface area contributed by atoms with Crippen LogP contribution < -0.4 is 4.90 Å². The van der Waals surface area contributed by atoms with E-state index in [4.69, 9.17) is 0 Å². The SMILES string of the molecule is CC.Cc1ccc([C@@]2(C)C(C)(C)[C@]2(C)CN2CCN(c3ccc(C)cc3C)CC2)cc1. The van der Waals surface area contributed by atoms with Gasteiger partial charge in [-0.05, 0) is 48.8 Å². The van der Waals surface area contributed by atoms with Gasteiger partial charge in [0.05, 0.1) is 0 Å². The lowest BCUT2D eigenvalue weighted by Gasteiger charge is -2.39. The number of piperazine rings is 1. The lowest BCUT2D eigenvalue weighted by Crippen LogP contribution is -2.48. The number of aryl methyl sites for hydroxylation is 3. The summed E-state index contributed by atoms with van der Waals surface area (Å²) in [5, 5.41) is 0. The van der Waals surface area contributed by atoms with Gasteiger partial charge in [0.25, 0.3) is 0 Å². The standard InChI is InChI=1S/C27H38N2.C2H6/c1-20-8-11-23(12-9-20)27(7)25(4,5)26(27,6)19-28-14-16-29(17-15-28)24-13-10-21(2)18-22(24)3;1-2/h8-13,18H,14-17,19H2,1-7H3;1-2H3/t26-,27-;/m0./s1. The van der Waals surface area contributed by atoms with Gasteiger partial charge in [-0.3, -0.25) is 4.90 Å². The molecule has 2 aromatic carbocycles. The lowest BCUT2D eigenvalue weighted by molar-refractivity contribution is 0.190. The van der Waals surface area contributed by atoms with Crippen LogP contribution in [0.2, 0.25) is 0 Å². The van der Waals surface area contributed by atoms with E-state index in [-0.39, 0.29) is 5.41 Å². The fourth-order valence-corrected chi connectivity index (χ4v) is 6.12. The van der Waals surface area contributed by atoms with Crippen LogP contribution in [0.5, 0.6) is 0 Å². The minimum absolute atomic E-state index is 0.235. The molecule has 2 aromatic rings. The van der Waals surface area contributed by atoms with Gasteiger partial charge in [0, 0.05) is 43.8 Å². The van der Waals surface area contributed by atoms with Crippen molar-refractivity contribution in [1.82, 2.24) is 4.90 Å². The molecule has 1 saturated carbocycles. The van der Waals surface area contributed by atoms with Gasteiger partial charge in [0.2, 0.25) is 0 Å². The molecular weight excluding hydrogens is 376 g/mol. The highest BCUT2D eigenvalue weighted by atomic mass is 15.3. The summed E-state index contributed by atoms with van der Waals surface area (Å²) < 4.78 is 0. The molecule has 2 atom stereocenters. The molecule has 2 heteroatoms. The van der Waals surface area contributed by atoms with Gasteiger partial charge < -0.3 is 4.90 Å². The maximum Gasteiger partial charge on any atom is 0.0396 e. The zero-order valence-electron chi connectivity index (χ0n) is 21.5. The Morgan fingerprint density at radius 1 is 0.742 bits per heavy atom. The summed E-state index contributed by atoms with van der Waals surface area (Å²) in [5.41, 5.74) is 7.86. The third-order valence-electron chi connectivity index (χ3n) is 8.90. The van der Waals surface area contributed by atoms with Crippen LogP contribution in [0, 0.1) is 31.6 Å². The summed E-state index contributed by atoms with van der Waals surface area (Å²) in [6.07, 6.45) is 0. The van der Waals surface area contributed by atoms with E-state index < -0.39 is 0 Å². The molecule has 0 unspecified atom stereocenters. The van der Waals surface area contributed by atoms with Crippen molar-refractivity contribution in [2.24, 2.45) is 10.8 Å². The minimum atomic E-state index is 0.235. The van der Waals surface area contributed by atoms with Crippen LogP contribution in [-0.4, -0.2) is 37.6 Å². The summed E-state index contributed by atoms with van der Waals surface area (Å²) in [7, 11) is 0. The van der Waals surface area contributed by atoms with Crippen LogP contribution in [-0.2, 0) is 5.41 Å². The van der Waals surface area contributed by atoms with Crippen molar-refractivity contribution in [1.29, 1.82) is 0 Å². The van der Waals surface area contributed by atoms with Crippen LogP contribution in [0.4, 0.5) is 5.69 Å². The summed E-state index contributed by atoms with van der Waals surface area (Å²) in [5.74, 6) is 0. The molecule has 0 bridgehead atoms. The third-order valence-corrected chi connectivity index (χ3v) is 8.90. The molecule has 31 heavy (non-hydrogen) atoms. The fraction of sp³-hybridized carbons (Fsp3) is 0.586. The Bertz CT molecular complexity index is 889. The van der Waals surface area contributed by atoms with Gasteiger partial charge in [-0.25, -0.2) is 0 Å². The zero-order chi connectivity index (χ0) is 23.0. The van der Waals surface area contributed by atoms with Crippen molar-refractivity contribution in [3.8, 4) is 0 Å². The van der Waals surface area contributed by atoms with E-state index in [0.29, 0.717) is 10.8 Å². The largest absolute Gasteiger partial charge is 0.369 e. The van der Waals surface area contributed by atoms with Crippen molar-refractivity contribution in [2.75, 3.05) is 37.6 Å². The number of nitrogens with zero attached hydrogens (tertiary/aromatic N) is 2. The van der Waals surface area contributed by atoms with Gasteiger partial charge >= 0.3 is 0 Å².